The molecule has 1 saturated heterocycles. The summed E-state index contributed by atoms with van der Waals surface area (Å²) in [5.41, 5.74) is 0.868. The molecule has 1 atom stereocenters. The quantitative estimate of drug-likeness (QED) is 0.800. The molecule has 0 bridgehead atoms. The molecule has 2 rings (SSSR count). The normalized spacial score (nSPS) is 20.3. The first kappa shape index (κ1) is 14.3. The maximum atomic E-state index is 13.4. The lowest BCUT2D eigenvalue weighted by molar-refractivity contribution is -0.147. The Hall–Kier alpha value is -1.13. The number of likely N-dealkylation sites (tertiary alicyclic amines) is 1. The second kappa shape index (κ2) is 6.35. The van der Waals surface area contributed by atoms with Crippen molar-refractivity contribution in [1.29, 1.82) is 0 Å². The number of methoxy groups -OCH3 is 1. The minimum Gasteiger partial charge on any atom is -0.469 e. The van der Waals surface area contributed by atoms with E-state index in [2.05, 4.69) is 4.90 Å². The van der Waals surface area contributed by atoms with Crippen LogP contribution in [0.15, 0.2) is 18.2 Å². The fourth-order valence-corrected chi connectivity index (χ4v) is 2.57. The summed E-state index contributed by atoms with van der Waals surface area (Å²) in [7, 11) is 1.41. The summed E-state index contributed by atoms with van der Waals surface area (Å²) in [5, 5.41) is 0.134. The Kier molecular flexibility index (Phi) is 4.77. The third-order valence-corrected chi connectivity index (χ3v) is 3.74. The molecule has 1 aliphatic heterocycles. The number of carbonyl (C=O) groups excluding carboxylic acids is 1. The monoisotopic (exact) mass is 285 g/mol. The molecule has 1 heterocycles. The zero-order valence-corrected chi connectivity index (χ0v) is 11.6. The molecule has 5 heteroatoms. The number of benzene rings is 1. The van der Waals surface area contributed by atoms with Crippen LogP contribution in [0.2, 0.25) is 5.02 Å². The van der Waals surface area contributed by atoms with E-state index in [0.29, 0.717) is 13.1 Å². The molecule has 104 valence electrons. The smallest absolute Gasteiger partial charge is 0.309 e. The number of piperidine rings is 1. The van der Waals surface area contributed by atoms with E-state index >= 15 is 0 Å². The van der Waals surface area contributed by atoms with Gasteiger partial charge < -0.3 is 4.74 Å². The van der Waals surface area contributed by atoms with Gasteiger partial charge in [-0.2, -0.15) is 0 Å². The van der Waals surface area contributed by atoms with Gasteiger partial charge in [0.2, 0.25) is 0 Å². The van der Waals surface area contributed by atoms with Crippen LogP contribution in [0.25, 0.3) is 0 Å². The summed E-state index contributed by atoms with van der Waals surface area (Å²) in [6, 6.07) is 4.82. The molecule has 0 N–H and O–H groups in total. The van der Waals surface area contributed by atoms with Crippen molar-refractivity contribution in [3.05, 3.63) is 34.6 Å². The average molecular weight is 286 g/mol. The highest BCUT2D eigenvalue weighted by atomic mass is 35.5. The predicted molar refractivity (Wildman–Crippen MR) is 71.4 cm³/mol. The molecule has 0 aromatic heterocycles. The maximum absolute atomic E-state index is 13.4. The second-order valence-electron chi connectivity index (χ2n) is 4.85. The van der Waals surface area contributed by atoms with Crippen LogP contribution in [0.1, 0.15) is 18.4 Å². The number of nitrogens with zero attached hydrogens (tertiary/aromatic N) is 1. The van der Waals surface area contributed by atoms with Crippen molar-refractivity contribution in [2.24, 2.45) is 5.92 Å². The van der Waals surface area contributed by atoms with E-state index in [4.69, 9.17) is 16.3 Å². The molecular formula is C14H17ClFNO2. The molecule has 0 amide bonds. The van der Waals surface area contributed by atoms with E-state index in [1.165, 1.54) is 13.2 Å². The molecule has 0 spiro atoms. The largest absolute Gasteiger partial charge is 0.469 e. The first-order valence-corrected chi connectivity index (χ1v) is 6.72. The van der Waals surface area contributed by atoms with Crippen molar-refractivity contribution < 1.29 is 13.9 Å². The fourth-order valence-electron chi connectivity index (χ4n) is 2.45. The average Bonchev–Trinajstić information content (AvgIpc) is 2.42. The highest BCUT2D eigenvalue weighted by Crippen LogP contribution is 2.21. The van der Waals surface area contributed by atoms with Crippen molar-refractivity contribution >= 4 is 17.6 Å². The molecule has 0 unspecified atom stereocenters. The Balaban J connectivity index is 1.98. The molecule has 1 fully saturated rings. The zero-order chi connectivity index (χ0) is 13.8. The van der Waals surface area contributed by atoms with Gasteiger partial charge in [0.15, 0.2) is 0 Å². The van der Waals surface area contributed by atoms with E-state index < -0.39 is 5.82 Å². The molecule has 3 nitrogen and oxygen atoms in total. The van der Waals surface area contributed by atoms with Crippen LogP contribution < -0.4 is 0 Å². The number of ether oxygens (including phenoxy) is 1. The molecule has 1 aromatic rings. The molecule has 19 heavy (non-hydrogen) atoms. The lowest BCUT2D eigenvalue weighted by atomic mass is 9.98. The number of hydrogen-bond acceptors (Lipinski definition) is 3. The molecular weight excluding hydrogens is 269 g/mol. The lowest BCUT2D eigenvalue weighted by Crippen LogP contribution is -2.38. The van der Waals surface area contributed by atoms with Gasteiger partial charge in [-0.05, 0) is 37.1 Å². The van der Waals surface area contributed by atoms with Crippen LogP contribution in [-0.2, 0) is 16.1 Å². The van der Waals surface area contributed by atoms with E-state index in [-0.39, 0.29) is 16.9 Å². The standard InChI is InChI=1S/C14H17ClFNO2/c1-19-14(18)11-3-2-6-17(9-11)8-10-4-5-12(15)13(16)7-10/h4-5,7,11H,2-3,6,8-9H2,1H3/t11-/m0/s1. The van der Waals surface area contributed by atoms with E-state index in [1.807, 2.05) is 6.07 Å². The second-order valence-corrected chi connectivity index (χ2v) is 5.25. The van der Waals surface area contributed by atoms with Crippen molar-refractivity contribution in [3.8, 4) is 0 Å². The van der Waals surface area contributed by atoms with Crippen LogP contribution in [0, 0.1) is 11.7 Å². The van der Waals surface area contributed by atoms with Gasteiger partial charge in [0.25, 0.3) is 0 Å². The summed E-state index contributed by atoms with van der Waals surface area (Å²) in [6.07, 6.45) is 1.81. The number of esters is 1. The van der Waals surface area contributed by atoms with Gasteiger partial charge in [0.05, 0.1) is 18.1 Å². The summed E-state index contributed by atoms with van der Waals surface area (Å²) >= 11 is 5.66. The van der Waals surface area contributed by atoms with Gasteiger partial charge in [0.1, 0.15) is 5.82 Å². The van der Waals surface area contributed by atoms with Crippen LogP contribution >= 0.6 is 11.6 Å². The lowest BCUT2D eigenvalue weighted by Gasteiger charge is -2.31. The minimum absolute atomic E-state index is 0.0732. The number of hydrogen-bond donors (Lipinski definition) is 0. The minimum atomic E-state index is -0.402. The molecule has 1 aliphatic rings. The predicted octanol–water partition coefficient (Wildman–Crippen LogP) is 2.86. The van der Waals surface area contributed by atoms with Crippen molar-refractivity contribution in [2.45, 2.75) is 19.4 Å². The Morgan fingerprint density at radius 1 is 1.58 bits per heavy atom. The van der Waals surface area contributed by atoms with Gasteiger partial charge in [-0.25, -0.2) is 4.39 Å². The van der Waals surface area contributed by atoms with Crippen LogP contribution in [0.5, 0.6) is 0 Å². The van der Waals surface area contributed by atoms with Gasteiger partial charge in [-0.1, -0.05) is 17.7 Å². The number of rotatable bonds is 3. The topological polar surface area (TPSA) is 29.5 Å². The molecule has 0 saturated carbocycles. The highest BCUT2D eigenvalue weighted by Gasteiger charge is 2.26. The van der Waals surface area contributed by atoms with Crippen LogP contribution in [0.4, 0.5) is 4.39 Å². The first-order chi connectivity index (χ1) is 9.10. The Bertz CT molecular complexity index is 467. The van der Waals surface area contributed by atoms with E-state index in [1.54, 1.807) is 6.07 Å². The van der Waals surface area contributed by atoms with Crippen LogP contribution in [-0.4, -0.2) is 31.1 Å². The summed E-state index contributed by atoms with van der Waals surface area (Å²) in [4.78, 5) is 13.7. The third-order valence-electron chi connectivity index (χ3n) is 3.43. The van der Waals surface area contributed by atoms with Crippen molar-refractivity contribution in [1.82, 2.24) is 4.90 Å². The number of carbonyl (C=O) groups is 1. The zero-order valence-electron chi connectivity index (χ0n) is 10.9. The van der Waals surface area contributed by atoms with E-state index in [0.717, 1.165) is 24.9 Å². The summed E-state index contributed by atoms with van der Waals surface area (Å²) < 4.78 is 18.1. The van der Waals surface area contributed by atoms with Crippen molar-refractivity contribution in [3.63, 3.8) is 0 Å². The van der Waals surface area contributed by atoms with Gasteiger partial charge in [-0.3, -0.25) is 9.69 Å². The summed E-state index contributed by atoms with van der Waals surface area (Å²) in [5.74, 6) is -0.636. The maximum Gasteiger partial charge on any atom is 0.309 e. The molecule has 0 radical (unpaired) electrons. The van der Waals surface area contributed by atoms with Crippen LogP contribution in [0.3, 0.4) is 0 Å². The summed E-state index contributed by atoms with van der Waals surface area (Å²) in [6.45, 7) is 2.20. The Morgan fingerprint density at radius 2 is 2.37 bits per heavy atom. The number of halogens is 2. The first-order valence-electron chi connectivity index (χ1n) is 6.34. The fraction of sp³-hybridized carbons (Fsp3) is 0.500. The Labute approximate surface area is 117 Å². The van der Waals surface area contributed by atoms with Crippen molar-refractivity contribution in [2.75, 3.05) is 20.2 Å². The van der Waals surface area contributed by atoms with Gasteiger partial charge in [-0.15, -0.1) is 0 Å². The van der Waals surface area contributed by atoms with Gasteiger partial charge >= 0.3 is 5.97 Å². The highest BCUT2D eigenvalue weighted by molar-refractivity contribution is 6.30. The third kappa shape index (κ3) is 3.67. The molecule has 1 aromatic carbocycles. The SMILES string of the molecule is COC(=O)[C@H]1CCCN(Cc2ccc(Cl)c(F)c2)C1. The molecule has 0 aliphatic carbocycles. The van der Waals surface area contributed by atoms with E-state index in [9.17, 15) is 9.18 Å². The Morgan fingerprint density at radius 3 is 3.05 bits per heavy atom. The van der Waals surface area contributed by atoms with Gasteiger partial charge in [0, 0.05) is 13.1 Å².